The summed E-state index contributed by atoms with van der Waals surface area (Å²) in [5, 5.41) is 14.7. The zero-order valence-electron chi connectivity index (χ0n) is 10.4. The molecule has 1 aromatic carbocycles. The highest BCUT2D eigenvalue weighted by atomic mass is 35.5. The van der Waals surface area contributed by atoms with Crippen LogP contribution < -0.4 is 5.32 Å². The van der Waals surface area contributed by atoms with Crippen LogP contribution in [0.1, 0.15) is 31.7 Å². The van der Waals surface area contributed by atoms with Gasteiger partial charge in [-0.2, -0.15) is 0 Å². The van der Waals surface area contributed by atoms with E-state index in [4.69, 9.17) is 11.6 Å². The number of halogens is 1. The lowest BCUT2D eigenvalue weighted by atomic mass is 9.80. The van der Waals surface area contributed by atoms with Gasteiger partial charge in [0.05, 0.1) is 15.5 Å². The second kappa shape index (κ2) is 5.67. The lowest BCUT2D eigenvalue weighted by molar-refractivity contribution is -0.385. The molecule has 1 atom stereocenters. The maximum absolute atomic E-state index is 10.9. The Hall–Kier alpha value is -1.13. The molecule has 1 aliphatic rings. The summed E-state index contributed by atoms with van der Waals surface area (Å²) in [5.41, 5.74) is 0.672. The van der Waals surface area contributed by atoms with E-state index in [0.717, 1.165) is 0 Å². The summed E-state index contributed by atoms with van der Waals surface area (Å²) in [5.74, 6) is 0.701. The third-order valence-corrected chi connectivity index (χ3v) is 4.10. The first kappa shape index (κ1) is 13.3. The summed E-state index contributed by atoms with van der Waals surface area (Å²) in [7, 11) is 0. The number of nitrogens with zero attached hydrogens (tertiary/aromatic N) is 1. The largest absolute Gasteiger partial charge is 0.310 e. The molecule has 5 heteroatoms. The number of hydrogen-bond donors (Lipinski definition) is 1. The van der Waals surface area contributed by atoms with E-state index in [0.29, 0.717) is 29.1 Å². The standard InChI is InChI=1S/C13H17ClN2O2/c1-9(10-4-2-5-10)15-8-11-12(14)6-3-7-13(11)16(17)18/h3,6-7,9-10,15H,2,4-5,8H2,1H3. The van der Waals surface area contributed by atoms with Gasteiger partial charge in [-0.25, -0.2) is 0 Å². The van der Waals surface area contributed by atoms with E-state index in [1.807, 2.05) is 0 Å². The van der Waals surface area contributed by atoms with Crippen LogP contribution in [0.4, 0.5) is 5.69 Å². The minimum Gasteiger partial charge on any atom is -0.310 e. The molecule has 1 fully saturated rings. The third-order valence-electron chi connectivity index (χ3n) is 3.75. The Balaban J connectivity index is 2.05. The number of nitro groups is 1. The molecule has 0 amide bonds. The lowest BCUT2D eigenvalue weighted by Gasteiger charge is -2.32. The molecule has 0 aromatic heterocycles. The molecule has 0 bridgehead atoms. The maximum Gasteiger partial charge on any atom is 0.275 e. The van der Waals surface area contributed by atoms with Crippen molar-refractivity contribution in [3.05, 3.63) is 38.9 Å². The fourth-order valence-electron chi connectivity index (χ4n) is 2.26. The molecule has 2 rings (SSSR count). The van der Waals surface area contributed by atoms with Gasteiger partial charge >= 0.3 is 0 Å². The number of benzene rings is 1. The normalized spacial score (nSPS) is 17.2. The molecule has 0 aliphatic heterocycles. The van der Waals surface area contributed by atoms with Crippen LogP contribution in [0.2, 0.25) is 5.02 Å². The third kappa shape index (κ3) is 2.82. The molecule has 1 unspecified atom stereocenters. The zero-order chi connectivity index (χ0) is 13.1. The van der Waals surface area contributed by atoms with Crippen molar-refractivity contribution in [3.63, 3.8) is 0 Å². The van der Waals surface area contributed by atoms with Crippen molar-refractivity contribution >= 4 is 17.3 Å². The first-order chi connectivity index (χ1) is 8.59. The molecule has 1 aromatic rings. The molecular weight excluding hydrogens is 252 g/mol. The topological polar surface area (TPSA) is 55.2 Å². The van der Waals surface area contributed by atoms with Crippen LogP contribution in [-0.4, -0.2) is 11.0 Å². The highest BCUT2D eigenvalue weighted by Gasteiger charge is 2.24. The smallest absolute Gasteiger partial charge is 0.275 e. The van der Waals surface area contributed by atoms with E-state index in [9.17, 15) is 10.1 Å². The van der Waals surface area contributed by atoms with Gasteiger partial charge in [-0.3, -0.25) is 10.1 Å². The van der Waals surface area contributed by atoms with Gasteiger partial charge in [-0.1, -0.05) is 24.1 Å². The van der Waals surface area contributed by atoms with Gasteiger partial charge in [-0.15, -0.1) is 0 Å². The molecule has 0 saturated heterocycles. The first-order valence-corrected chi connectivity index (χ1v) is 6.62. The Morgan fingerprint density at radius 3 is 2.83 bits per heavy atom. The van der Waals surface area contributed by atoms with E-state index >= 15 is 0 Å². The average molecular weight is 269 g/mol. The van der Waals surface area contributed by atoms with Crippen molar-refractivity contribution in [1.29, 1.82) is 0 Å². The number of nitrogens with one attached hydrogen (secondary N) is 1. The van der Waals surface area contributed by atoms with Gasteiger partial charge in [0.2, 0.25) is 0 Å². The van der Waals surface area contributed by atoms with Crippen molar-refractivity contribution in [2.45, 2.75) is 38.8 Å². The summed E-state index contributed by atoms with van der Waals surface area (Å²) >= 11 is 6.04. The number of nitro benzene ring substituents is 1. The van der Waals surface area contributed by atoms with Crippen LogP contribution in [0.25, 0.3) is 0 Å². The van der Waals surface area contributed by atoms with Gasteiger partial charge < -0.3 is 5.32 Å². The van der Waals surface area contributed by atoms with E-state index < -0.39 is 0 Å². The SMILES string of the molecule is CC(NCc1c(Cl)cccc1[N+](=O)[O-])C1CCC1. The molecule has 0 spiro atoms. The van der Waals surface area contributed by atoms with E-state index in [2.05, 4.69) is 12.2 Å². The highest BCUT2D eigenvalue weighted by Crippen LogP contribution is 2.30. The van der Waals surface area contributed by atoms with Crippen LogP contribution >= 0.6 is 11.6 Å². The summed E-state index contributed by atoms with van der Waals surface area (Å²) < 4.78 is 0. The first-order valence-electron chi connectivity index (χ1n) is 6.24. The van der Waals surface area contributed by atoms with Gasteiger partial charge in [0, 0.05) is 18.7 Å². The quantitative estimate of drug-likeness (QED) is 0.657. The van der Waals surface area contributed by atoms with E-state index in [-0.39, 0.29) is 10.6 Å². The second-order valence-corrected chi connectivity index (χ2v) is 5.26. The molecule has 18 heavy (non-hydrogen) atoms. The monoisotopic (exact) mass is 268 g/mol. The minimum atomic E-state index is -0.378. The van der Waals surface area contributed by atoms with Crippen molar-refractivity contribution < 1.29 is 4.92 Å². The second-order valence-electron chi connectivity index (χ2n) is 4.86. The number of rotatable bonds is 5. The number of hydrogen-bond acceptors (Lipinski definition) is 3. The van der Waals surface area contributed by atoms with Crippen LogP contribution in [-0.2, 0) is 6.54 Å². The Bertz CT molecular complexity index is 447. The average Bonchev–Trinajstić information content (AvgIpc) is 2.24. The minimum absolute atomic E-state index is 0.0933. The Morgan fingerprint density at radius 2 is 2.28 bits per heavy atom. The highest BCUT2D eigenvalue weighted by molar-refractivity contribution is 6.31. The van der Waals surface area contributed by atoms with Crippen molar-refractivity contribution in [2.75, 3.05) is 0 Å². The predicted molar refractivity (Wildman–Crippen MR) is 71.7 cm³/mol. The lowest BCUT2D eigenvalue weighted by Crippen LogP contribution is -2.36. The fraction of sp³-hybridized carbons (Fsp3) is 0.538. The molecule has 1 aliphatic carbocycles. The Labute approximate surface area is 111 Å². The Kier molecular flexibility index (Phi) is 4.19. The van der Waals surface area contributed by atoms with E-state index in [1.165, 1.54) is 25.3 Å². The molecule has 0 heterocycles. The summed E-state index contributed by atoms with van der Waals surface area (Å²) in [4.78, 5) is 10.6. The van der Waals surface area contributed by atoms with Crippen LogP contribution in [0.15, 0.2) is 18.2 Å². The zero-order valence-corrected chi connectivity index (χ0v) is 11.1. The molecular formula is C13H17ClN2O2. The fourth-order valence-corrected chi connectivity index (χ4v) is 2.50. The van der Waals surface area contributed by atoms with Crippen LogP contribution in [0.3, 0.4) is 0 Å². The van der Waals surface area contributed by atoms with Gasteiger partial charge in [0.25, 0.3) is 5.69 Å². The van der Waals surface area contributed by atoms with Crippen molar-refractivity contribution in [3.8, 4) is 0 Å². The summed E-state index contributed by atoms with van der Waals surface area (Å²) in [6, 6.07) is 5.19. The van der Waals surface area contributed by atoms with Gasteiger partial charge in [0.1, 0.15) is 0 Å². The van der Waals surface area contributed by atoms with Crippen LogP contribution in [0.5, 0.6) is 0 Å². The Morgan fingerprint density at radius 1 is 1.56 bits per heavy atom. The van der Waals surface area contributed by atoms with Gasteiger partial charge in [-0.05, 0) is 31.7 Å². The molecule has 4 nitrogen and oxygen atoms in total. The summed E-state index contributed by atoms with van der Waals surface area (Å²) in [6.07, 6.45) is 3.79. The van der Waals surface area contributed by atoms with E-state index in [1.54, 1.807) is 12.1 Å². The predicted octanol–water partition coefficient (Wildman–Crippen LogP) is 3.53. The van der Waals surface area contributed by atoms with Crippen LogP contribution in [0, 0.1) is 16.0 Å². The van der Waals surface area contributed by atoms with Gasteiger partial charge in [0.15, 0.2) is 0 Å². The van der Waals surface area contributed by atoms with Crippen molar-refractivity contribution in [1.82, 2.24) is 5.32 Å². The van der Waals surface area contributed by atoms with Crippen molar-refractivity contribution in [2.24, 2.45) is 5.92 Å². The molecule has 0 radical (unpaired) electrons. The molecule has 1 saturated carbocycles. The maximum atomic E-state index is 10.9. The summed E-state index contributed by atoms with van der Waals surface area (Å²) in [6.45, 7) is 2.58. The molecule has 1 N–H and O–H groups in total. The molecule has 98 valence electrons.